The first-order valence-corrected chi connectivity index (χ1v) is 10.3. The molecule has 0 spiro atoms. The standard InChI is InChI=1S/C21H26N8O/c1-21(2,3)15-10-29-16(25-15)5-6-17(26-29)30-11-14-7-8-28(9-14)20-18-19(22-12-23-20)24-13-27(18)4/h5-6,10,12-14H,7-9,11H2,1-4H3. The molecule has 4 aromatic heterocycles. The summed E-state index contributed by atoms with van der Waals surface area (Å²) in [5, 5.41) is 4.58. The fourth-order valence-corrected chi connectivity index (χ4v) is 3.87. The van der Waals surface area contributed by atoms with E-state index < -0.39 is 0 Å². The largest absolute Gasteiger partial charge is 0.476 e. The first kappa shape index (κ1) is 18.8. The molecular weight excluding hydrogens is 380 g/mol. The van der Waals surface area contributed by atoms with E-state index in [-0.39, 0.29) is 5.41 Å². The van der Waals surface area contributed by atoms with E-state index in [9.17, 15) is 0 Å². The Bertz CT molecular complexity index is 1200. The fourth-order valence-electron chi connectivity index (χ4n) is 3.87. The third kappa shape index (κ3) is 3.34. The molecule has 5 rings (SSSR count). The Hall–Kier alpha value is -3.23. The molecule has 0 amide bonds. The first-order valence-electron chi connectivity index (χ1n) is 10.3. The van der Waals surface area contributed by atoms with E-state index in [1.807, 2.05) is 29.9 Å². The highest BCUT2D eigenvalue weighted by atomic mass is 16.5. The highest BCUT2D eigenvalue weighted by molar-refractivity contribution is 5.83. The quantitative estimate of drug-likeness (QED) is 0.515. The van der Waals surface area contributed by atoms with Gasteiger partial charge in [0.1, 0.15) is 11.8 Å². The lowest BCUT2D eigenvalue weighted by molar-refractivity contribution is 0.249. The number of anilines is 1. The van der Waals surface area contributed by atoms with Crippen LogP contribution in [0, 0.1) is 5.92 Å². The molecule has 0 bridgehead atoms. The van der Waals surface area contributed by atoms with Crippen LogP contribution in [0.25, 0.3) is 16.8 Å². The average Bonchev–Trinajstić information content (AvgIpc) is 3.44. The van der Waals surface area contributed by atoms with Gasteiger partial charge in [0, 0.05) is 37.5 Å². The smallest absolute Gasteiger partial charge is 0.231 e. The summed E-state index contributed by atoms with van der Waals surface area (Å²) in [5.74, 6) is 1.97. The van der Waals surface area contributed by atoms with Crippen LogP contribution in [0.1, 0.15) is 32.9 Å². The maximum atomic E-state index is 6.04. The summed E-state index contributed by atoms with van der Waals surface area (Å²) in [6.45, 7) is 8.89. The fraction of sp³-hybridized carbons (Fsp3) is 0.476. The lowest BCUT2D eigenvalue weighted by Crippen LogP contribution is -2.23. The van der Waals surface area contributed by atoms with Gasteiger partial charge in [-0.2, -0.15) is 0 Å². The minimum Gasteiger partial charge on any atom is -0.476 e. The van der Waals surface area contributed by atoms with Gasteiger partial charge in [0.15, 0.2) is 17.1 Å². The SMILES string of the molecule is Cn1cnc2ncnc(N3CCC(COc4ccc5nc(C(C)(C)C)cn5n4)C3)c21. The second kappa shape index (κ2) is 6.93. The number of ether oxygens (including phenoxy) is 1. The zero-order valence-corrected chi connectivity index (χ0v) is 17.8. The van der Waals surface area contributed by atoms with Crippen molar-refractivity contribution in [3.8, 4) is 5.88 Å². The zero-order chi connectivity index (χ0) is 20.9. The summed E-state index contributed by atoms with van der Waals surface area (Å²) in [5.41, 5.74) is 3.55. The van der Waals surface area contributed by atoms with Gasteiger partial charge in [0.25, 0.3) is 0 Å². The summed E-state index contributed by atoms with van der Waals surface area (Å²) in [4.78, 5) is 20.1. The van der Waals surface area contributed by atoms with Gasteiger partial charge >= 0.3 is 0 Å². The lowest BCUT2D eigenvalue weighted by atomic mass is 9.93. The lowest BCUT2D eigenvalue weighted by Gasteiger charge is -2.18. The van der Waals surface area contributed by atoms with Gasteiger partial charge in [-0.25, -0.2) is 24.5 Å². The van der Waals surface area contributed by atoms with Crippen molar-refractivity contribution < 1.29 is 4.74 Å². The first-order chi connectivity index (χ1) is 14.4. The van der Waals surface area contributed by atoms with Crippen LogP contribution in [0.4, 0.5) is 5.82 Å². The molecule has 1 unspecified atom stereocenters. The predicted octanol–water partition coefficient (Wildman–Crippen LogP) is 2.61. The Morgan fingerprint density at radius 1 is 1.17 bits per heavy atom. The minimum atomic E-state index is -0.0116. The average molecular weight is 406 g/mol. The number of rotatable bonds is 4. The van der Waals surface area contributed by atoms with E-state index in [4.69, 9.17) is 4.74 Å². The normalized spacial score (nSPS) is 17.3. The molecular formula is C21H26N8O. The molecule has 0 radical (unpaired) electrons. The predicted molar refractivity (Wildman–Crippen MR) is 114 cm³/mol. The van der Waals surface area contributed by atoms with E-state index in [0.29, 0.717) is 18.4 Å². The monoisotopic (exact) mass is 406 g/mol. The van der Waals surface area contributed by atoms with Crippen LogP contribution in [0.5, 0.6) is 5.88 Å². The molecule has 1 atom stereocenters. The van der Waals surface area contributed by atoms with Gasteiger partial charge in [-0.05, 0) is 12.5 Å². The van der Waals surface area contributed by atoms with Crippen molar-refractivity contribution in [1.29, 1.82) is 0 Å². The number of hydrogen-bond acceptors (Lipinski definition) is 7. The molecule has 1 fully saturated rings. The molecule has 0 aromatic carbocycles. The van der Waals surface area contributed by atoms with Gasteiger partial charge in [-0.15, -0.1) is 5.10 Å². The molecule has 5 heterocycles. The van der Waals surface area contributed by atoms with E-state index >= 15 is 0 Å². The summed E-state index contributed by atoms with van der Waals surface area (Å²) in [6.07, 6.45) is 6.39. The van der Waals surface area contributed by atoms with E-state index in [1.54, 1.807) is 17.2 Å². The van der Waals surface area contributed by atoms with Crippen molar-refractivity contribution in [3.63, 3.8) is 0 Å². The number of aromatic nitrogens is 7. The van der Waals surface area contributed by atoms with Crippen molar-refractivity contribution in [2.45, 2.75) is 32.6 Å². The van der Waals surface area contributed by atoms with Crippen LogP contribution in [0.15, 0.2) is 31.0 Å². The van der Waals surface area contributed by atoms with Crippen LogP contribution in [-0.2, 0) is 12.5 Å². The van der Waals surface area contributed by atoms with Crippen molar-refractivity contribution in [2.75, 3.05) is 24.6 Å². The van der Waals surface area contributed by atoms with Crippen molar-refractivity contribution in [1.82, 2.24) is 34.1 Å². The molecule has 0 N–H and O–H groups in total. The van der Waals surface area contributed by atoms with Gasteiger partial charge in [0.05, 0.1) is 24.8 Å². The molecule has 156 valence electrons. The van der Waals surface area contributed by atoms with Gasteiger partial charge in [-0.3, -0.25) is 0 Å². The molecule has 1 aliphatic rings. The maximum Gasteiger partial charge on any atom is 0.231 e. The number of aryl methyl sites for hydroxylation is 1. The van der Waals surface area contributed by atoms with Crippen molar-refractivity contribution in [2.24, 2.45) is 13.0 Å². The highest BCUT2D eigenvalue weighted by Crippen LogP contribution is 2.28. The third-order valence-electron chi connectivity index (χ3n) is 5.61. The molecule has 1 aliphatic heterocycles. The maximum absolute atomic E-state index is 6.04. The third-order valence-corrected chi connectivity index (χ3v) is 5.61. The molecule has 4 aromatic rings. The highest BCUT2D eigenvalue weighted by Gasteiger charge is 2.27. The van der Waals surface area contributed by atoms with E-state index in [2.05, 4.69) is 50.7 Å². The minimum absolute atomic E-state index is 0.0116. The number of imidazole rings is 2. The van der Waals surface area contributed by atoms with Crippen molar-refractivity contribution in [3.05, 3.63) is 36.7 Å². The van der Waals surface area contributed by atoms with Gasteiger partial charge in [0.2, 0.25) is 5.88 Å². The van der Waals surface area contributed by atoms with Crippen LogP contribution in [0.3, 0.4) is 0 Å². The van der Waals surface area contributed by atoms with Gasteiger partial charge < -0.3 is 14.2 Å². The van der Waals surface area contributed by atoms with Crippen molar-refractivity contribution >= 4 is 22.6 Å². The van der Waals surface area contributed by atoms with Crippen LogP contribution in [-0.4, -0.2) is 53.8 Å². The second-order valence-corrected chi connectivity index (χ2v) is 8.99. The Kier molecular flexibility index (Phi) is 4.34. The summed E-state index contributed by atoms with van der Waals surface area (Å²) >= 11 is 0. The van der Waals surface area contributed by atoms with E-state index in [1.165, 1.54) is 0 Å². The Morgan fingerprint density at radius 2 is 2.03 bits per heavy atom. The van der Waals surface area contributed by atoms with Crippen LogP contribution < -0.4 is 9.64 Å². The molecule has 9 heteroatoms. The summed E-state index contributed by atoms with van der Waals surface area (Å²) in [6, 6.07) is 3.85. The molecule has 9 nitrogen and oxygen atoms in total. The van der Waals surface area contributed by atoms with Crippen LogP contribution >= 0.6 is 0 Å². The number of nitrogens with zero attached hydrogens (tertiary/aromatic N) is 8. The number of hydrogen-bond donors (Lipinski definition) is 0. The Balaban J connectivity index is 1.27. The van der Waals surface area contributed by atoms with Gasteiger partial charge in [-0.1, -0.05) is 20.8 Å². The molecule has 30 heavy (non-hydrogen) atoms. The summed E-state index contributed by atoms with van der Waals surface area (Å²) < 4.78 is 9.82. The Morgan fingerprint density at radius 3 is 2.87 bits per heavy atom. The summed E-state index contributed by atoms with van der Waals surface area (Å²) in [7, 11) is 1.97. The molecule has 1 saturated heterocycles. The molecule has 0 aliphatic carbocycles. The zero-order valence-electron chi connectivity index (χ0n) is 17.8. The Labute approximate surface area is 174 Å². The topological polar surface area (TPSA) is 86.3 Å². The second-order valence-electron chi connectivity index (χ2n) is 8.99. The number of fused-ring (bicyclic) bond motifs is 2. The van der Waals surface area contributed by atoms with E-state index in [0.717, 1.165) is 47.8 Å². The molecule has 0 saturated carbocycles. The van der Waals surface area contributed by atoms with Crippen LogP contribution in [0.2, 0.25) is 0 Å².